The zero-order valence-electron chi connectivity index (χ0n) is 16.0. The predicted molar refractivity (Wildman–Crippen MR) is 104 cm³/mol. The number of H-pyrrole nitrogens is 1. The number of hydrogen-bond donors (Lipinski definition) is 1. The molecular formula is C21H26N2O4. The van der Waals surface area contributed by atoms with Gasteiger partial charge in [0.25, 0.3) is 5.91 Å². The van der Waals surface area contributed by atoms with Gasteiger partial charge in [-0.15, -0.1) is 0 Å². The quantitative estimate of drug-likeness (QED) is 0.877. The first-order valence-electron chi connectivity index (χ1n) is 9.30. The van der Waals surface area contributed by atoms with Gasteiger partial charge < -0.3 is 19.4 Å². The summed E-state index contributed by atoms with van der Waals surface area (Å²) in [6.45, 7) is 5.23. The molecule has 0 aliphatic carbocycles. The molecule has 0 saturated carbocycles. The standard InChI is InChI=1S/C21H26N2O4/c1-14(2)27-18-5-4-17(12-19(18)26-3)21(25)23-10-7-15(8-11-23)16-6-9-22-20(24)13-16/h4-6,9,12-15H,7-8,10-11H2,1-3H3,(H,22,24). The van der Waals surface area contributed by atoms with Crippen LogP contribution in [0.25, 0.3) is 0 Å². The van der Waals surface area contributed by atoms with E-state index < -0.39 is 0 Å². The van der Waals surface area contributed by atoms with Crippen LogP contribution < -0.4 is 15.0 Å². The smallest absolute Gasteiger partial charge is 0.253 e. The molecule has 0 spiro atoms. The number of hydrogen-bond acceptors (Lipinski definition) is 4. The molecule has 1 aromatic carbocycles. The second-order valence-electron chi connectivity index (χ2n) is 7.08. The van der Waals surface area contributed by atoms with Crippen molar-refractivity contribution in [2.45, 2.75) is 38.7 Å². The number of carbonyl (C=O) groups excluding carboxylic acids is 1. The second kappa shape index (κ2) is 8.29. The lowest BCUT2D eigenvalue weighted by atomic mass is 9.90. The van der Waals surface area contributed by atoms with E-state index in [2.05, 4.69) is 4.98 Å². The number of rotatable bonds is 5. The SMILES string of the molecule is COc1cc(C(=O)N2CCC(c3cc[nH]c(=O)c3)CC2)ccc1OC(C)C. The summed E-state index contributed by atoms with van der Waals surface area (Å²) in [7, 11) is 1.57. The van der Waals surface area contributed by atoms with Crippen LogP contribution in [0.5, 0.6) is 11.5 Å². The number of pyridine rings is 1. The molecule has 1 amide bonds. The normalized spacial score (nSPS) is 15.0. The van der Waals surface area contributed by atoms with Crippen LogP contribution >= 0.6 is 0 Å². The number of aromatic amines is 1. The van der Waals surface area contributed by atoms with Crippen molar-refractivity contribution in [1.82, 2.24) is 9.88 Å². The number of nitrogens with zero attached hydrogens (tertiary/aromatic N) is 1. The van der Waals surface area contributed by atoms with Crippen LogP contribution in [0, 0.1) is 0 Å². The maximum absolute atomic E-state index is 12.9. The Morgan fingerprint density at radius 2 is 1.89 bits per heavy atom. The molecule has 0 bridgehead atoms. The zero-order chi connectivity index (χ0) is 19.4. The third-order valence-electron chi connectivity index (χ3n) is 4.83. The van der Waals surface area contributed by atoms with Crippen LogP contribution in [0.1, 0.15) is 48.5 Å². The highest BCUT2D eigenvalue weighted by Gasteiger charge is 2.25. The summed E-state index contributed by atoms with van der Waals surface area (Å²) in [5.74, 6) is 1.51. The topological polar surface area (TPSA) is 71.6 Å². The van der Waals surface area contributed by atoms with Gasteiger partial charge in [0.1, 0.15) is 0 Å². The lowest BCUT2D eigenvalue weighted by molar-refractivity contribution is 0.0712. The fraction of sp³-hybridized carbons (Fsp3) is 0.429. The maximum Gasteiger partial charge on any atom is 0.253 e. The Kier molecular flexibility index (Phi) is 5.84. The van der Waals surface area contributed by atoms with Crippen molar-refractivity contribution < 1.29 is 14.3 Å². The van der Waals surface area contributed by atoms with Crippen LogP contribution in [-0.4, -0.2) is 42.1 Å². The number of ether oxygens (including phenoxy) is 2. The van der Waals surface area contributed by atoms with Gasteiger partial charge in [-0.1, -0.05) is 0 Å². The number of piperidine rings is 1. The molecule has 1 aromatic heterocycles. The van der Waals surface area contributed by atoms with Crippen LogP contribution in [0.3, 0.4) is 0 Å². The Bertz CT molecular complexity index is 851. The Balaban J connectivity index is 1.68. The van der Waals surface area contributed by atoms with E-state index in [0.29, 0.717) is 36.1 Å². The van der Waals surface area contributed by atoms with Crippen molar-refractivity contribution in [2.24, 2.45) is 0 Å². The van der Waals surface area contributed by atoms with E-state index in [1.54, 1.807) is 37.6 Å². The van der Waals surface area contributed by atoms with Gasteiger partial charge in [-0.3, -0.25) is 9.59 Å². The van der Waals surface area contributed by atoms with E-state index in [4.69, 9.17) is 9.47 Å². The molecule has 27 heavy (non-hydrogen) atoms. The molecule has 1 fully saturated rings. The average Bonchev–Trinajstić information content (AvgIpc) is 2.67. The van der Waals surface area contributed by atoms with Gasteiger partial charge in [-0.05, 0) is 62.4 Å². The first-order chi connectivity index (χ1) is 13.0. The van der Waals surface area contributed by atoms with Gasteiger partial charge in [0.2, 0.25) is 5.56 Å². The summed E-state index contributed by atoms with van der Waals surface area (Å²) >= 11 is 0. The monoisotopic (exact) mass is 370 g/mol. The van der Waals surface area contributed by atoms with E-state index in [-0.39, 0.29) is 17.6 Å². The summed E-state index contributed by atoms with van der Waals surface area (Å²) in [5, 5.41) is 0. The zero-order valence-corrected chi connectivity index (χ0v) is 16.0. The number of aromatic nitrogens is 1. The van der Waals surface area contributed by atoms with E-state index in [1.165, 1.54) is 0 Å². The van der Waals surface area contributed by atoms with Gasteiger partial charge in [-0.25, -0.2) is 0 Å². The average molecular weight is 370 g/mol. The number of nitrogens with one attached hydrogen (secondary N) is 1. The Morgan fingerprint density at radius 1 is 1.15 bits per heavy atom. The van der Waals surface area contributed by atoms with Crippen LogP contribution in [0.15, 0.2) is 41.3 Å². The Labute approximate surface area is 159 Å². The number of carbonyl (C=O) groups is 1. The highest BCUT2D eigenvalue weighted by Crippen LogP contribution is 2.31. The number of benzene rings is 1. The molecule has 1 aliphatic heterocycles. The van der Waals surface area contributed by atoms with Gasteiger partial charge >= 0.3 is 0 Å². The van der Waals surface area contributed by atoms with Crippen LogP contribution in [-0.2, 0) is 0 Å². The predicted octanol–water partition coefficient (Wildman–Crippen LogP) is 3.19. The molecule has 6 nitrogen and oxygen atoms in total. The molecule has 2 heterocycles. The van der Waals surface area contributed by atoms with Gasteiger partial charge in [0.05, 0.1) is 13.2 Å². The molecule has 1 aliphatic rings. The van der Waals surface area contributed by atoms with Crippen molar-refractivity contribution in [3.05, 3.63) is 58.0 Å². The number of amides is 1. The van der Waals surface area contributed by atoms with Crippen molar-refractivity contribution in [2.75, 3.05) is 20.2 Å². The lowest BCUT2D eigenvalue weighted by Crippen LogP contribution is -2.38. The second-order valence-corrected chi connectivity index (χ2v) is 7.08. The molecule has 0 atom stereocenters. The van der Waals surface area contributed by atoms with Gasteiger partial charge in [0, 0.05) is 30.9 Å². The summed E-state index contributed by atoms with van der Waals surface area (Å²) in [6.07, 6.45) is 3.41. The Hall–Kier alpha value is -2.76. The number of methoxy groups -OCH3 is 1. The molecule has 0 unspecified atom stereocenters. The van der Waals surface area contributed by atoms with E-state index in [1.807, 2.05) is 24.8 Å². The van der Waals surface area contributed by atoms with Crippen molar-refractivity contribution >= 4 is 5.91 Å². The molecule has 1 saturated heterocycles. The first-order valence-corrected chi connectivity index (χ1v) is 9.30. The molecule has 2 aromatic rings. The minimum absolute atomic E-state index is 0.00578. The molecule has 6 heteroatoms. The minimum Gasteiger partial charge on any atom is -0.493 e. The van der Waals surface area contributed by atoms with E-state index >= 15 is 0 Å². The summed E-state index contributed by atoms with van der Waals surface area (Å²) in [5.41, 5.74) is 1.56. The molecule has 0 radical (unpaired) electrons. The largest absolute Gasteiger partial charge is 0.493 e. The van der Waals surface area contributed by atoms with Crippen molar-refractivity contribution in [3.8, 4) is 11.5 Å². The number of likely N-dealkylation sites (tertiary alicyclic amines) is 1. The highest BCUT2D eigenvalue weighted by atomic mass is 16.5. The first kappa shape index (κ1) is 19.0. The Morgan fingerprint density at radius 3 is 2.52 bits per heavy atom. The van der Waals surface area contributed by atoms with E-state index in [9.17, 15) is 9.59 Å². The highest BCUT2D eigenvalue weighted by molar-refractivity contribution is 5.95. The van der Waals surface area contributed by atoms with Gasteiger partial charge in [-0.2, -0.15) is 0 Å². The molecular weight excluding hydrogens is 344 g/mol. The summed E-state index contributed by atoms with van der Waals surface area (Å²) in [4.78, 5) is 28.9. The fourth-order valence-electron chi connectivity index (χ4n) is 3.47. The summed E-state index contributed by atoms with van der Waals surface area (Å²) in [6, 6.07) is 8.91. The third-order valence-corrected chi connectivity index (χ3v) is 4.83. The van der Waals surface area contributed by atoms with Crippen molar-refractivity contribution in [1.29, 1.82) is 0 Å². The summed E-state index contributed by atoms with van der Waals surface area (Å²) < 4.78 is 11.1. The van der Waals surface area contributed by atoms with Crippen molar-refractivity contribution in [3.63, 3.8) is 0 Å². The third kappa shape index (κ3) is 4.51. The van der Waals surface area contributed by atoms with Crippen LogP contribution in [0.2, 0.25) is 0 Å². The molecule has 1 N–H and O–H groups in total. The minimum atomic E-state index is -0.0817. The molecule has 3 rings (SSSR count). The molecule has 144 valence electrons. The maximum atomic E-state index is 12.9. The van der Waals surface area contributed by atoms with Crippen LogP contribution in [0.4, 0.5) is 0 Å². The van der Waals surface area contributed by atoms with E-state index in [0.717, 1.165) is 18.4 Å². The van der Waals surface area contributed by atoms with Gasteiger partial charge in [0.15, 0.2) is 11.5 Å². The lowest BCUT2D eigenvalue weighted by Gasteiger charge is -2.32. The fourth-order valence-corrected chi connectivity index (χ4v) is 3.47.